The van der Waals surface area contributed by atoms with Crippen LogP contribution < -0.4 is 4.90 Å². The first kappa shape index (κ1) is 18.4. The second-order valence-corrected chi connectivity index (χ2v) is 5.78. The summed E-state index contributed by atoms with van der Waals surface area (Å²) in [4.78, 5) is 18.0. The standard InChI is InChI=1S/C17H19BrN2O4/c18-15-6-7-16(19-12-15)20(8-10-23-11-9-21)17(22)24-13-14-4-2-1-3-5-14/h1-7,12,21H,8-11,13H2. The van der Waals surface area contributed by atoms with Crippen molar-refractivity contribution in [2.45, 2.75) is 6.61 Å². The molecule has 2 rings (SSSR count). The van der Waals surface area contributed by atoms with Crippen LogP contribution in [0.4, 0.5) is 10.6 Å². The Labute approximate surface area is 149 Å². The average molecular weight is 395 g/mol. The number of amides is 1. The van der Waals surface area contributed by atoms with E-state index in [2.05, 4.69) is 20.9 Å². The fourth-order valence-corrected chi connectivity index (χ4v) is 2.18. The van der Waals surface area contributed by atoms with Crippen LogP contribution in [-0.4, -0.2) is 42.5 Å². The number of anilines is 1. The van der Waals surface area contributed by atoms with E-state index in [9.17, 15) is 4.79 Å². The van der Waals surface area contributed by atoms with Crippen molar-refractivity contribution in [3.05, 3.63) is 58.7 Å². The van der Waals surface area contributed by atoms with Crippen LogP contribution in [0.2, 0.25) is 0 Å². The van der Waals surface area contributed by atoms with Gasteiger partial charge in [0.2, 0.25) is 0 Å². The van der Waals surface area contributed by atoms with E-state index in [1.165, 1.54) is 4.90 Å². The van der Waals surface area contributed by atoms with Gasteiger partial charge in [-0.1, -0.05) is 30.3 Å². The van der Waals surface area contributed by atoms with Gasteiger partial charge in [-0.05, 0) is 33.6 Å². The Morgan fingerprint density at radius 1 is 1.17 bits per heavy atom. The highest BCUT2D eigenvalue weighted by molar-refractivity contribution is 9.10. The van der Waals surface area contributed by atoms with Gasteiger partial charge in [0, 0.05) is 10.7 Å². The lowest BCUT2D eigenvalue weighted by molar-refractivity contribution is 0.0941. The average Bonchev–Trinajstić information content (AvgIpc) is 2.62. The largest absolute Gasteiger partial charge is 0.444 e. The molecule has 0 fully saturated rings. The molecule has 0 aliphatic carbocycles. The first-order valence-corrected chi connectivity index (χ1v) is 8.28. The van der Waals surface area contributed by atoms with Crippen LogP contribution in [0.25, 0.3) is 0 Å². The number of pyridine rings is 1. The summed E-state index contributed by atoms with van der Waals surface area (Å²) in [6.45, 7) is 0.904. The lowest BCUT2D eigenvalue weighted by Gasteiger charge is -2.21. The van der Waals surface area contributed by atoms with E-state index < -0.39 is 6.09 Å². The second kappa shape index (κ2) is 10.0. The van der Waals surface area contributed by atoms with Gasteiger partial charge >= 0.3 is 6.09 Å². The van der Waals surface area contributed by atoms with Crippen molar-refractivity contribution < 1.29 is 19.4 Å². The Morgan fingerprint density at radius 3 is 2.62 bits per heavy atom. The summed E-state index contributed by atoms with van der Waals surface area (Å²) in [6.07, 6.45) is 1.11. The fourth-order valence-electron chi connectivity index (χ4n) is 1.95. The number of aliphatic hydroxyl groups is 1. The van der Waals surface area contributed by atoms with Crippen molar-refractivity contribution in [2.75, 3.05) is 31.3 Å². The number of aromatic nitrogens is 1. The van der Waals surface area contributed by atoms with Gasteiger partial charge in [0.1, 0.15) is 12.4 Å². The SMILES string of the molecule is O=C(OCc1ccccc1)N(CCOCCO)c1ccc(Br)cn1. The van der Waals surface area contributed by atoms with Crippen LogP contribution in [-0.2, 0) is 16.1 Å². The number of hydrogen-bond acceptors (Lipinski definition) is 5. The molecule has 0 bridgehead atoms. The number of carbonyl (C=O) groups excluding carboxylic acids is 1. The summed E-state index contributed by atoms with van der Waals surface area (Å²) in [5.41, 5.74) is 0.908. The zero-order valence-corrected chi connectivity index (χ0v) is 14.7. The van der Waals surface area contributed by atoms with Crippen LogP contribution in [0, 0.1) is 0 Å². The summed E-state index contributed by atoms with van der Waals surface area (Å²) in [7, 11) is 0. The maximum Gasteiger partial charge on any atom is 0.415 e. The predicted molar refractivity (Wildman–Crippen MR) is 93.8 cm³/mol. The molecule has 0 saturated carbocycles. The minimum Gasteiger partial charge on any atom is -0.444 e. The number of benzene rings is 1. The van der Waals surface area contributed by atoms with E-state index in [4.69, 9.17) is 14.6 Å². The van der Waals surface area contributed by atoms with Gasteiger partial charge in [-0.25, -0.2) is 9.78 Å². The number of carbonyl (C=O) groups is 1. The molecule has 0 spiro atoms. The van der Waals surface area contributed by atoms with Gasteiger partial charge in [-0.3, -0.25) is 4.90 Å². The van der Waals surface area contributed by atoms with Crippen molar-refractivity contribution in [2.24, 2.45) is 0 Å². The number of rotatable bonds is 8. The smallest absolute Gasteiger partial charge is 0.415 e. The highest BCUT2D eigenvalue weighted by atomic mass is 79.9. The third kappa shape index (κ3) is 5.92. The molecular weight excluding hydrogens is 376 g/mol. The number of nitrogens with zero attached hydrogens (tertiary/aromatic N) is 2. The molecule has 0 saturated heterocycles. The lowest BCUT2D eigenvalue weighted by Crippen LogP contribution is -2.35. The van der Waals surface area contributed by atoms with Gasteiger partial charge in [-0.15, -0.1) is 0 Å². The Balaban J connectivity index is 2.00. The Kier molecular flexibility index (Phi) is 7.67. The van der Waals surface area contributed by atoms with Gasteiger partial charge in [0.25, 0.3) is 0 Å². The molecule has 24 heavy (non-hydrogen) atoms. The van der Waals surface area contributed by atoms with E-state index in [-0.39, 0.29) is 33.0 Å². The van der Waals surface area contributed by atoms with E-state index in [0.29, 0.717) is 5.82 Å². The Bertz CT molecular complexity index is 622. The summed E-state index contributed by atoms with van der Waals surface area (Å²) >= 11 is 3.32. The van der Waals surface area contributed by atoms with E-state index >= 15 is 0 Å². The number of hydrogen-bond donors (Lipinski definition) is 1. The molecule has 0 radical (unpaired) electrons. The first-order valence-electron chi connectivity index (χ1n) is 7.49. The predicted octanol–water partition coefficient (Wildman–Crippen LogP) is 3.00. The molecule has 0 atom stereocenters. The molecule has 1 heterocycles. The van der Waals surface area contributed by atoms with Crippen LogP contribution in [0.15, 0.2) is 53.1 Å². The Morgan fingerprint density at radius 2 is 1.96 bits per heavy atom. The van der Waals surface area contributed by atoms with Gasteiger partial charge in [0.05, 0.1) is 26.4 Å². The third-order valence-electron chi connectivity index (χ3n) is 3.11. The first-order chi connectivity index (χ1) is 11.7. The molecule has 0 aliphatic heterocycles. The summed E-state index contributed by atoms with van der Waals surface area (Å²) < 4.78 is 11.4. The quantitative estimate of drug-likeness (QED) is 0.696. The molecule has 1 N–H and O–H groups in total. The summed E-state index contributed by atoms with van der Waals surface area (Å²) in [5, 5.41) is 8.75. The van der Waals surface area contributed by atoms with Crippen LogP contribution in [0.1, 0.15) is 5.56 Å². The minimum atomic E-state index is -0.499. The van der Waals surface area contributed by atoms with E-state index in [1.54, 1.807) is 18.3 Å². The summed E-state index contributed by atoms with van der Waals surface area (Å²) in [5.74, 6) is 0.476. The van der Waals surface area contributed by atoms with Crippen molar-refractivity contribution >= 4 is 27.8 Å². The molecule has 1 aromatic heterocycles. The van der Waals surface area contributed by atoms with Crippen LogP contribution >= 0.6 is 15.9 Å². The van der Waals surface area contributed by atoms with Crippen LogP contribution in [0.5, 0.6) is 0 Å². The van der Waals surface area contributed by atoms with Crippen molar-refractivity contribution in [1.82, 2.24) is 4.98 Å². The molecule has 0 unspecified atom stereocenters. The van der Waals surface area contributed by atoms with Gasteiger partial charge in [-0.2, -0.15) is 0 Å². The fraction of sp³-hybridized carbons (Fsp3) is 0.294. The minimum absolute atomic E-state index is 0.0605. The zero-order valence-electron chi connectivity index (χ0n) is 13.1. The normalized spacial score (nSPS) is 10.4. The maximum absolute atomic E-state index is 12.4. The zero-order chi connectivity index (χ0) is 17.2. The molecule has 6 nitrogen and oxygen atoms in total. The summed E-state index contributed by atoms with van der Waals surface area (Å²) in [6, 6.07) is 13.0. The number of aliphatic hydroxyl groups excluding tert-OH is 1. The van der Waals surface area contributed by atoms with E-state index in [1.807, 2.05) is 30.3 Å². The highest BCUT2D eigenvalue weighted by Crippen LogP contribution is 2.16. The van der Waals surface area contributed by atoms with Crippen LogP contribution in [0.3, 0.4) is 0 Å². The van der Waals surface area contributed by atoms with Gasteiger partial charge < -0.3 is 14.6 Å². The van der Waals surface area contributed by atoms with Crippen molar-refractivity contribution in [1.29, 1.82) is 0 Å². The monoisotopic (exact) mass is 394 g/mol. The molecule has 1 amide bonds. The Hall–Kier alpha value is -1.96. The third-order valence-corrected chi connectivity index (χ3v) is 3.58. The molecule has 0 aliphatic rings. The molecule has 7 heteroatoms. The second-order valence-electron chi connectivity index (χ2n) is 4.86. The van der Waals surface area contributed by atoms with Gasteiger partial charge in [0.15, 0.2) is 0 Å². The van der Waals surface area contributed by atoms with Crippen molar-refractivity contribution in [3.8, 4) is 0 Å². The molecule has 128 valence electrons. The lowest BCUT2D eigenvalue weighted by atomic mass is 10.2. The topological polar surface area (TPSA) is 71.9 Å². The maximum atomic E-state index is 12.4. The number of ether oxygens (including phenoxy) is 2. The molecular formula is C17H19BrN2O4. The number of halogens is 1. The van der Waals surface area contributed by atoms with Crippen molar-refractivity contribution in [3.63, 3.8) is 0 Å². The van der Waals surface area contributed by atoms with E-state index in [0.717, 1.165) is 10.0 Å². The molecule has 1 aromatic carbocycles. The molecule has 2 aromatic rings. The highest BCUT2D eigenvalue weighted by Gasteiger charge is 2.18.